The van der Waals surface area contributed by atoms with E-state index in [0.717, 1.165) is 29.7 Å². The molecule has 0 radical (unpaired) electrons. The van der Waals surface area contributed by atoms with E-state index in [1.807, 2.05) is 0 Å². The van der Waals surface area contributed by atoms with E-state index >= 15 is 0 Å². The van der Waals surface area contributed by atoms with Crippen molar-refractivity contribution in [3.05, 3.63) is 68.5 Å². The number of nitro groups is 1. The lowest BCUT2D eigenvalue weighted by Gasteiger charge is -2.23. The number of alkyl halides is 3. The van der Waals surface area contributed by atoms with E-state index in [1.54, 1.807) is 20.8 Å². The Morgan fingerprint density at radius 2 is 1.68 bits per heavy atom. The van der Waals surface area contributed by atoms with Gasteiger partial charge in [-0.3, -0.25) is 24.7 Å². The van der Waals surface area contributed by atoms with Crippen molar-refractivity contribution < 1.29 is 46.7 Å². The fourth-order valence-electron chi connectivity index (χ4n) is 4.35. The highest BCUT2D eigenvalue weighted by atomic mass is 32.1. The van der Waals surface area contributed by atoms with Crippen molar-refractivity contribution in [2.45, 2.75) is 77.6 Å². The van der Waals surface area contributed by atoms with Gasteiger partial charge in [-0.2, -0.15) is 13.2 Å². The van der Waals surface area contributed by atoms with Crippen LogP contribution in [0.3, 0.4) is 0 Å². The van der Waals surface area contributed by atoms with E-state index in [9.17, 15) is 37.7 Å². The predicted octanol–water partition coefficient (Wildman–Crippen LogP) is 5.81. The molecular formula is C30H34F3N5O8S. The highest BCUT2D eigenvalue weighted by Gasteiger charge is 2.37. The van der Waals surface area contributed by atoms with Crippen LogP contribution in [0.1, 0.15) is 68.8 Å². The Morgan fingerprint density at radius 1 is 1.02 bits per heavy atom. The molecule has 1 atom stereocenters. The van der Waals surface area contributed by atoms with Crippen molar-refractivity contribution in [2.75, 3.05) is 13.2 Å². The van der Waals surface area contributed by atoms with Crippen LogP contribution >= 0.6 is 11.3 Å². The lowest BCUT2D eigenvalue weighted by Crippen LogP contribution is -2.40. The number of esters is 2. The zero-order chi connectivity index (χ0) is 34.9. The molecule has 0 saturated heterocycles. The summed E-state index contributed by atoms with van der Waals surface area (Å²) in [6, 6.07) is 5.42. The molecule has 3 rings (SSSR count). The summed E-state index contributed by atoms with van der Waals surface area (Å²) in [7, 11) is 0. The van der Waals surface area contributed by atoms with Gasteiger partial charge in [0.1, 0.15) is 21.3 Å². The number of pyridine rings is 1. The fraction of sp³-hybridized carbons (Fsp3) is 0.467. The summed E-state index contributed by atoms with van der Waals surface area (Å²) in [6.45, 7) is 7.99. The van der Waals surface area contributed by atoms with Crippen molar-refractivity contribution in [2.24, 2.45) is 0 Å². The highest BCUT2D eigenvalue weighted by molar-refractivity contribution is 7.14. The number of nitro benzene ring substituents is 1. The van der Waals surface area contributed by atoms with Gasteiger partial charge in [-0.1, -0.05) is 17.4 Å². The third-order valence-corrected chi connectivity index (χ3v) is 7.35. The molecule has 0 fully saturated rings. The molecule has 0 aliphatic heterocycles. The van der Waals surface area contributed by atoms with Crippen LogP contribution in [-0.4, -0.2) is 63.0 Å². The van der Waals surface area contributed by atoms with Gasteiger partial charge in [0.15, 0.2) is 5.92 Å². The molecule has 17 heteroatoms. The Kier molecular flexibility index (Phi) is 12.3. The Labute approximate surface area is 272 Å². The van der Waals surface area contributed by atoms with Gasteiger partial charge in [-0.25, -0.2) is 4.79 Å². The minimum absolute atomic E-state index is 0.0683. The Hall–Kier alpha value is -4.67. The van der Waals surface area contributed by atoms with Crippen LogP contribution in [0.5, 0.6) is 0 Å². The van der Waals surface area contributed by atoms with E-state index in [0.29, 0.717) is 21.1 Å². The largest absolute Gasteiger partial charge is 0.465 e. The second kappa shape index (κ2) is 15.8. The smallest absolute Gasteiger partial charge is 0.433 e. The zero-order valence-electron chi connectivity index (χ0n) is 26.3. The molecule has 0 bridgehead atoms. The number of hydrogen-bond acceptors (Lipinski definition) is 12. The molecule has 0 unspecified atom stereocenters. The number of aryl methyl sites for hydroxylation is 1. The lowest BCUT2D eigenvalue weighted by molar-refractivity contribution is -0.385. The van der Waals surface area contributed by atoms with E-state index in [-0.39, 0.29) is 38.0 Å². The summed E-state index contributed by atoms with van der Waals surface area (Å²) < 4.78 is 54.3. The molecule has 1 aromatic carbocycles. The first-order valence-electron chi connectivity index (χ1n) is 14.5. The summed E-state index contributed by atoms with van der Waals surface area (Å²) >= 11 is 1.13. The van der Waals surface area contributed by atoms with Crippen molar-refractivity contribution in [1.82, 2.24) is 20.5 Å². The van der Waals surface area contributed by atoms with Crippen molar-refractivity contribution >= 4 is 35.1 Å². The first-order chi connectivity index (χ1) is 22.0. The number of rotatable bonds is 13. The number of hydrogen-bond donors (Lipinski definition) is 1. The third-order valence-electron chi connectivity index (χ3n) is 6.32. The Balaban J connectivity index is 1.86. The predicted molar refractivity (Wildman–Crippen MR) is 162 cm³/mol. The Morgan fingerprint density at radius 3 is 2.21 bits per heavy atom. The van der Waals surface area contributed by atoms with Gasteiger partial charge in [-0.15, -0.1) is 10.2 Å². The normalized spacial score (nSPS) is 12.4. The number of aromatic nitrogens is 3. The minimum atomic E-state index is -4.59. The summed E-state index contributed by atoms with van der Waals surface area (Å²) in [5.74, 6) is -3.71. The third kappa shape index (κ3) is 10.7. The summed E-state index contributed by atoms with van der Waals surface area (Å²) in [6.07, 6.45) is -3.50. The van der Waals surface area contributed by atoms with Gasteiger partial charge >= 0.3 is 24.2 Å². The summed E-state index contributed by atoms with van der Waals surface area (Å²) in [5.41, 5.74) is -1.75. The van der Waals surface area contributed by atoms with Gasteiger partial charge in [0, 0.05) is 30.3 Å². The second-order valence-corrected chi connectivity index (χ2v) is 12.2. The van der Waals surface area contributed by atoms with Crippen molar-refractivity contribution in [3.63, 3.8) is 0 Å². The van der Waals surface area contributed by atoms with Gasteiger partial charge in [0.2, 0.25) is 0 Å². The molecule has 13 nitrogen and oxygen atoms in total. The molecule has 0 aliphatic carbocycles. The molecule has 0 aliphatic rings. The van der Waals surface area contributed by atoms with Crippen LogP contribution in [0, 0.1) is 10.1 Å². The maximum atomic E-state index is 13.0. The van der Waals surface area contributed by atoms with Gasteiger partial charge < -0.3 is 19.5 Å². The topological polar surface area (TPSA) is 173 Å². The SMILES string of the molecule is CCOC(=O)C(C(=O)OCC)c1cc(-c2nnc(CC[C@H](Cc3ccc(C(F)(F)F)nc3)NC(=O)OC(C)(C)C)s2)ccc1[N+](=O)[O-]. The maximum Gasteiger partial charge on any atom is 0.433 e. The van der Waals surface area contributed by atoms with Crippen LogP contribution in [0.25, 0.3) is 10.6 Å². The number of halogens is 3. The second-order valence-electron chi connectivity index (χ2n) is 11.1. The number of alkyl carbamates (subject to hydrolysis) is 1. The van der Waals surface area contributed by atoms with Crippen LogP contribution in [-0.2, 0) is 42.8 Å². The molecule has 1 N–H and O–H groups in total. The molecule has 1 amide bonds. The number of benzene rings is 1. The van der Waals surface area contributed by atoms with Gasteiger partial charge in [-0.05, 0) is 71.2 Å². The maximum absolute atomic E-state index is 13.0. The number of carbonyl (C=O) groups is 3. The van der Waals surface area contributed by atoms with Crippen LogP contribution in [0.15, 0.2) is 36.5 Å². The number of amides is 1. The van der Waals surface area contributed by atoms with Crippen LogP contribution in [0.4, 0.5) is 23.7 Å². The van der Waals surface area contributed by atoms with E-state index in [1.165, 1.54) is 32.0 Å². The standard InChI is InChI=1S/C30H34F3N5O8S/c1-6-44-26(39)24(27(40)45-7-2)20-15-18(9-11-21(20)38(42)43)25-37-36-23(47-25)13-10-19(35-28(41)46-29(3,4)5)14-17-8-12-22(34-16-17)30(31,32)33/h8-9,11-12,15-16,19,24H,6-7,10,13-14H2,1-5H3,(H,35,41)/t19-/m1/s1. The molecule has 254 valence electrons. The molecule has 2 aromatic heterocycles. The number of ether oxygens (including phenoxy) is 3. The molecule has 2 heterocycles. The van der Waals surface area contributed by atoms with Crippen LogP contribution < -0.4 is 5.32 Å². The fourth-order valence-corrected chi connectivity index (χ4v) is 5.20. The summed E-state index contributed by atoms with van der Waals surface area (Å²) in [5, 5.41) is 23.7. The Bertz CT molecular complexity index is 1560. The number of nitrogens with one attached hydrogen (secondary N) is 1. The average Bonchev–Trinajstić information content (AvgIpc) is 3.44. The monoisotopic (exact) mass is 681 g/mol. The quantitative estimate of drug-likeness (QED) is 0.0759. The molecule has 0 saturated carbocycles. The summed E-state index contributed by atoms with van der Waals surface area (Å²) in [4.78, 5) is 52.6. The zero-order valence-corrected chi connectivity index (χ0v) is 27.1. The van der Waals surface area contributed by atoms with E-state index in [2.05, 4.69) is 20.5 Å². The van der Waals surface area contributed by atoms with Gasteiger partial charge in [0.05, 0.1) is 23.7 Å². The lowest BCUT2D eigenvalue weighted by atomic mass is 9.95. The average molecular weight is 682 g/mol. The highest BCUT2D eigenvalue weighted by Crippen LogP contribution is 2.35. The van der Waals surface area contributed by atoms with Gasteiger partial charge in [0.25, 0.3) is 5.69 Å². The molecule has 0 spiro atoms. The number of nitrogens with zero attached hydrogens (tertiary/aromatic N) is 4. The first-order valence-corrected chi connectivity index (χ1v) is 15.3. The van der Waals surface area contributed by atoms with Crippen LogP contribution in [0.2, 0.25) is 0 Å². The van der Waals surface area contributed by atoms with Crippen molar-refractivity contribution in [3.8, 4) is 10.6 Å². The minimum Gasteiger partial charge on any atom is -0.465 e. The van der Waals surface area contributed by atoms with Crippen molar-refractivity contribution in [1.29, 1.82) is 0 Å². The first kappa shape index (κ1) is 36.8. The molecule has 3 aromatic rings. The molecule has 47 heavy (non-hydrogen) atoms. The van der Waals surface area contributed by atoms with E-state index < -0.39 is 58.1 Å². The van der Waals surface area contributed by atoms with E-state index in [4.69, 9.17) is 14.2 Å². The molecular weight excluding hydrogens is 647 g/mol. The number of carbonyl (C=O) groups excluding carboxylic acids is 3.